The van der Waals surface area contributed by atoms with Crippen molar-refractivity contribution in [3.05, 3.63) is 60.1 Å². The van der Waals surface area contributed by atoms with Crippen LogP contribution in [-0.4, -0.2) is 9.55 Å². The van der Waals surface area contributed by atoms with Crippen LogP contribution >= 0.6 is 0 Å². The molecule has 3 heteroatoms. The third-order valence-electron chi connectivity index (χ3n) is 3.43. The van der Waals surface area contributed by atoms with Crippen LogP contribution in [0, 0.1) is 0 Å². The van der Waals surface area contributed by atoms with Crippen molar-refractivity contribution in [2.45, 2.75) is 39.2 Å². The Balaban J connectivity index is 2.19. The van der Waals surface area contributed by atoms with Crippen LogP contribution in [0.4, 0.5) is 5.82 Å². The van der Waals surface area contributed by atoms with E-state index >= 15 is 0 Å². The highest BCUT2D eigenvalue weighted by molar-refractivity contribution is 5.40. The lowest BCUT2D eigenvalue weighted by Gasteiger charge is -2.09. The molecule has 0 unspecified atom stereocenters. The van der Waals surface area contributed by atoms with E-state index in [1.165, 1.54) is 5.56 Å². The maximum atomic E-state index is 6.24. The average Bonchev–Trinajstić information content (AvgIpc) is 2.76. The Kier molecular flexibility index (Phi) is 4.61. The zero-order valence-electron chi connectivity index (χ0n) is 12.3. The zero-order valence-corrected chi connectivity index (χ0v) is 12.3. The van der Waals surface area contributed by atoms with Crippen LogP contribution in [0.2, 0.25) is 0 Å². The number of anilines is 1. The largest absolute Gasteiger partial charge is 0.384 e. The Morgan fingerprint density at radius 2 is 1.95 bits per heavy atom. The van der Waals surface area contributed by atoms with Gasteiger partial charge in [0.2, 0.25) is 0 Å². The van der Waals surface area contributed by atoms with E-state index < -0.39 is 0 Å². The number of aryl methyl sites for hydroxylation is 2. The Hall–Kier alpha value is -2.03. The van der Waals surface area contributed by atoms with Crippen molar-refractivity contribution in [3.8, 4) is 0 Å². The van der Waals surface area contributed by atoms with E-state index in [2.05, 4.69) is 49.3 Å². The van der Waals surface area contributed by atoms with Gasteiger partial charge in [0.05, 0.1) is 5.69 Å². The summed E-state index contributed by atoms with van der Waals surface area (Å²) in [6.45, 7) is 8.80. The number of hydrogen-bond acceptors (Lipinski definition) is 2. The number of hydrogen-bond donors (Lipinski definition) is 1. The van der Waals surface area contributed by atoms with E-state index in [1.807, 2.05) is 12.1 Å². The van der Waals surface area contributed by atoms with Crippen LogP contribution in [0.1, 0.15) is 36.8 Å². The van der Waals surface area contributed by atoms with Crippen molar-refractivity contribution in [2.24, 2.45) is 0 Å². The molecule has 1 aromatic heterocycles. The van der Waals surface area contributed by atoms with Gasteiger partial charge in [0, 0.05) is 12.5 Å². The van der Waals surface area contributed by atoms with Crippen molar-refractivity contribution >= 4 is 5.82 Å². The normalized spacial score (nSPS) is 10.9. The summed E-state index contributed by atoms with van der Waals surface area (Å²) in [4.78, 5) is 4.73. The highest BCUT2D eigenvalue weighted by Crippen LogP contribution is 2.22. The maximum absolute atomic E-state index is 6.24. The van der Waals surface area contributed by atoms with Crippen molar-refractivity contribution in [1.29, 1.82) is 0 Å². The van der Waals surface area contributed by atoms with Gasteiger partial charge in [0.1, 0.15) is 11.6 Å². The van der Waals surface area contributed by atoms with Crippen LogP contribution in [-0.2, 0) is 19.4 Å². The van der Waals surface area contributed by atoms with Crippen molar-refractivity contribution < 1.29 is 0 Å². The first-order valence-electron chi connectivity index (χ1n) is 7.13. The molecule has 0 fully saturated rings. The minimum absolute atomic E-state index is 0.364. The molecule has 1 aromatic carbocycles. The fraction of sp³-hybridized carbons (Fsp3) is 0.353. The van der Waals surface area contributed by atoms with E-state index in [-0.39, 0.29) is 0 Å². The van der Waals surface area contributed by atoms with Gasteiger partial charge >= 0.3 is 0 Å². The van der Waals surface area contributed by atoms with Crippen LogP contribution in [0.5, 0.6) is 0 Å². The molecule has 0 radical (unpaired) electrons. The molecular formula is C17H23N3. The summed E-state index contributed by atoms with van der Waals surface area (Å²) in [5, 5.41) is 0. The second-order valence-electron chi connectivity index (χ2n) is 5.34. The van der Waals surface area contributed by atoms with Crippen LogP contribution in [0.15, 0.2) is 43.0 Å². The summed E-state index contributed by atoms with van der Waals surface area (Å²) in [7, 11) is 0. The van der Waals surface area contributed by atoms with Crippen molar-refractivity contribution in [3.63, 3.8) is 0 Å². The predicted octanol–water partition coefficient (Wildman–Crippen LogP) is 3.56. The number of allylic oxidation sites excluding steroid dienone is 1. The van der Waals surface area contributed by atoms with E-state index in [0.29, 0.717) is 5.92 Å². The molecule has 2 rings (SSSR count). The van der Waals surface area contributed by atoms with E-state index in [4.69, 9.17) is 10.7 Å². The SMILES string of the molecule is C=CCn1c(C(C)C)nc(CCc2ccccc2)c1N. The van der Waals surface area contributed by atoms with Crippen LogP contribution in [0.25, 0.3) is 0 Å². The minimum Gasteiger partial charge on any atom is -0.384 e. The Morgan fingerprint density at radius 1 is 1.25 bits per heavy atom. The third-order valence-corrected chi connectivity index (χ3v) is 3.43. The summed E-state index contributed by atoms with van der Waals surface area (Å²) < 4.78 is 2.07. The molecule has 0 bridgehead atoms. The molecule has 2 aromatic rings. The highest BCUT2D eigenvalue weighted by Gasteiger charge is 2.16. The first kappa shape index (κ1) is 14.4. The van der Waals surface area contributed by atoms with Gasteiger partial charge in [-0.15, -0.1) is 6.58 Å². The highest BCUT2D eigenvalue weighted by atomic mass is 15.1. The molecule has 2 N–H and O–H groups in total. The number of rotatable bonds is 6. The molecule has 0 saturated heterocycles. The molecule has 106 valence electrons. The molecule has 0 amide bonds. The topological polar surface area (TPSA) is 43.8 Å². The van der Waals surface area contributed by atoms with Gasteiger partial charge < -0.3 is 10.3 Å². The Bertz CT molecular complexity index is 567. The number of benzene rings is 1. The molecular weight excluding hydrogens is 246 g/mol. The Morgan fingerprint density at radius 3 is 2.55 bits per heavy atom. The fourth-order valence-electron chi connectivity index (χ4n) is 2.39. The lowest BCUT2D eigenvalue weighted by atomic mass is 10.1. The molecule has 0 aliphatic carbocycles. The van der Waals surface area contributed by atoms with Crippen LogP contribution < -0.4 is 5.73 Å². The van der Waals surface area contributed by atoms with Gasteiger partial charge in [-0.1, -0.05) is 50.3 Å². The summed E-state index contributed by atoms with van der Waals surface area (Å²) >= 11 is 0. The first-order chi connectivity index (χ1) is 9.63. The molecule has 1 heterocycles. The minimum atomic E-state index is 0.364. The van der Waals surface area contributed by atoms with Gasteiger partial charge in [0.15, 0.2) is 0 Å². The van der Waals surface area contributed by atoms with E-state index in [0.717, 1.165) is 36.7 Å². The number of imidazole rings is 1. The molecule has 20 heavy (non-hydrogen) atoms. The molecule has 0 aliphatic rings. The van der Waals surface area contributed by atoms with Crippen LogP contribution in [0.3, 0.4) is 0 Å². The number of nitrogens with two attached hydrogens (primary N) is 1. The fourth-order valence-corrected chi connectivity index (χ4v) is 2.39. The molecule has 3 nitrogen and oxygen atoms in total. The number of aromatic nitrogens is 2. The van der Waals surface area contributed by atoms with Gasteiger partial charge in [-0.05, 0) is 18.4 Å². The summed E-state index contributed by atoms with van der Waals surface area (Å²) in [5.41, 5.74) is 8.56. The quantitative estimate of drug-likeness (QED) is 0.815. The third kappa shape index (κ3) is 3.10. The van der Waals surface area contributed by atoms with E-state index in [9.17, 15) is 0 Å². The second kappa shape index (κ2) is 6.42. The number of nitrogen functional groups attached to an aromatic ring is 1. The molecule has 0 saturated carbocycles. The first-order valence-corrected chi connectivity index (χ1v) is 7.13. The van der Waals surface area contributed by atoms with Gasteiger partial charge in [-0.3, -0.25) is 0 Å². The molecule has 0 spiro atoms. The lowest BCUT2D eigenvalue weighted by molar-refractivity contribution is 0.683. The second-order valence-corrected chi connectivity index (χ2v) is 5.34. The Labute approximate surface area is 121 Å². The van der Waals surface area contributed by atoms with Gasteiger partial charge in [0.25, 0.3) is 0 Å². The maximum Gasteiger partial charge on any atom is 0.127 e. The summed E-state index contributed by atoms with van der Waals surface area (Å²) in [6, 6.07) is 10.4. The standard InChI is InChI=1S/C17H23N3/c1-4-12-20-16(18)15(19-17(20)13(2)3)11-10-14-8-6-5-7-9-14/h4-9,13H,1,10-12,18H2,2-3H3. The smallest absolute Gasteiger partial charge is 0.127 e. The van der Waals surface area contributed by atoms with Crippen molar-refractivity contribution in [1.82, 2.24) is 9.55 Å². The summed E-state index contributed by atoms with van der Waals surface area (Å²) in [5.74, 6) is 2.19. The molecule has 0 aliphatic heterocycles. The average molecular weight is 269 g/mol. The van der Waals surface area contributed by atoms with Gasteiger partial charge in [-0.2, -0.15) is 0 Å². The summed E-state index contributed by atoms with van der Waals surface area (Å²) in [6.07, 6.45) is 3.71. The monoisotopic (exact) mass is 269 g/mol. The van der Waals surface area contributed by atoms with Crippen molar-refractivity contribution in [2.75, 3.05) is 5.73 Å². The lowest BCUT2D eigenvalue weighted by Crippen LogP contribution is -2.07. The zero-order chi connectivity index (χ0) is 14.5. The van der Waals surface area contributed by atoms with E-state index in [1.54, 1.807) is 0 Å². The number of nitrogens with zero attached hydrogens (tertiary/aromatic N) is 2. The molecule has 0 atom stereocenters. The predicted molar refractivity (Wildman–Crippen MR) is 84.8 cm³/mol. The van der Waals surface area contributed by atoms with Gasteiger partial charge in [-0.25, -0.2) is 4.98 Å².